The third kappa shape index (κ3) is 3.57. The molecule has 2 heterocycles. The minimum atomic E-state index is -0.248. The van der Waals surface area contributed by atoms with Crippen molar-refractivity contribution in [1.29, 1.82) is 0 Å². The van der Waals surface area contributed by atoms with Crippen LogP contribution in [0.4, 0.5) is 10.6 Å². The molecule has 1 aromatic carbocycles. The summed E-state index contributed by atoms with van der Waals surface area (Å²) in [5, 5.41) is 7.27. The summed E-state index contributed by atoms with van der Waals surface area (Å²) in [5.74, 6) is 0.537. The average molecular weight is 322 g/mol. The number of carbonyl (C=O) groups excluding carboxylic acids is 1. The number of aryl methyl sites for hydroxylation is 1. The molecule has 3 aromatic rings. The van der Waals surface area contributed by atoms with Gasteiger partial charge in [0.25, 0.3) is 0 Å². The van der Waals surface area contributed by atoms with Crippen LogP contribution in [0.25, 0.3) is 5.69 Å². The Kier molecular flexibility index (Phi) is 4.51. The highest BCUT2D eigenvalue weighted by atomic mass is 16.2. The number of rotatable bonds is 4. The van der Waals surface area contributed by atoms with E-state index in [0.29, 0.717) is 12.4 Å². The molecule has 0 spiro atoms. The second-order valence-corrected chi connectivity index (χ2v) is 5.42. The van der Waals surface area contributed by atoms with Gasteiger partial charge >= 0.3 is 6.03 Å². The Hall–Kier alpha value is -3.22. The smallest absolute Gasteiger partial charge is 0.322 e. The first kappa shape index (κ1) is 15.7. The topological polar surface area (TPSA) is 75.9 Å². The molecule has 0 radical (unpaired) electrons. The van der Waals surface area contributed by atoms with Crippen LogP contribution in [0.3, 0.4) is 0 Å². The van der Waals surface area contributed by atoms with E-state index in [1.807, 2.05) is 43.5 Å². The molecule has 7 nitrogen and oxygen atoms in total. The number of benzene rings is 1. The summed E-state index contributed by atoms with van der Waals surface area (Å²) in [6.07, 6.45) is 6.72. The van der Waals surface area contributed by atoms with Crippen LogP contribution < -0.4 is 5.32 Å². The van der Waals surface area contributed by atoms with Crippen molar-refractivity contribution in [3.8, 4) is 5.69 Å². The van der Waals surface area contributed by atoms with Crippen LogP contribution in [0.2, 0.25) is 0 Å². The fourth-order valence-corrected chi connectivity index (χ4v) is 2.22. The van der Waals surface area contributed by atoms with E-state index in [1.165, 1.54) is 4.90 Å². The number of hydrogen-bond donors (Lipinski definition) is 1. The molecular formula is C17H18N6O. The van der Waals surface area contributed by atoms with Gasteiger partial charge in [-0.1, -0.05) is 18.2 Å². The number of urea groups is 1. The second-order valence-electron chi connectivity index (χ2n) is 5.42. The van der Waals surface area contributed by atoms with Crippen LogP contribution in [0.5, 0.6) is 0 Å². The van der Waals surface area contributed by atoms with Gasteiger partial charge in [-0.05, 0) is 19.1 Å². The van der Waals surface area contributed by atoms with E-state index in [4.69, 9.17) is 0 Å². The standard InChI is InChI=1S/C17H18N6O/c1-13-11-23(15-6-4-3-5-7-15)21-16(13)20-17(24)22(2)12-14-10-18-8-9-19-14/h3-11H,12H2,1-2H3,(H,20,21,24). The third-order valence-electron chi connectivity index (χ3n) is 3.51. The highest BCUT2D eigenvalue weighted by Gasteiger charge is 2.14. The Balaban J connectivity index is 1.69. The second kappa shape index (κ2) is 6.91. The number of carbonyl (C=O) groups is 1. The Morgan fingerprint density at radius 1 is 1.25 bits per heavy atom. The molecule has 0 fully saturated rings. The highest BCUT2D eigenvalue weighted by Crippen LogP contribution is 2.16. The largest absolute Gasteiger partial charge is 0.323 e. The molecule has 3 rings (SSSR count). The van der Waals surface area contributed by atoms with Gasteiger partial charge < -0.3 is 4.90 Å². The number of amides is 2. The zero-order chi connectivity index (χ0) is 16.9. The minimum absolute atomic E-state index is 0.248. The maximum atomic E-state index is 12.3. The fourth-order valence-electron chi connectivity index (χ4n) is 2.22. The molecule has 1 N–H and O–H groups in total. The lowest BCUT2D eigenvalue weighted by Crippen LogP contribution is -2.31. The van der Waals surface area contributed by atoms with Crippen molar-refractivity contribution in [3.05, 3.63) is 66.4 Å². The van der Waals surface area contributed by atoms with Crippen LogP contribution in [0, 0.1) is 6.92 Å². The number of aromatic nitrogens is 4. The van der Waals surface area contributed by atoms with E-state index in [0.717, 1.165) is 16.9 Å². The van der Waals surface area contributed by atoms with E-state index < -0.39 is 0 Å². The van der Waals surface area contributed by atoms with Gasteiger partial charge in [0.05, 0.1) is 24.1 Å². The Labute approximate surface area is 140 Å². The van der Waals surface area contributed by atoms with Gasteiger partial charge in [-0.2, -0.15) is 0 Å². The van der Waals surface area contributed by atoms with Crippen molar-refractivity contribution in [1.82, 2.24) is 24.6 Å². The molecule has 24 heavy (non-hydrogen) atoms. The fraction of sp³-hybridized carbons (Fsp3) is 0.176. The monoisotopic (exact) mass is 322 g/mol. The maximum Gasteiger partial charge on any atom is 0.323 e. The molecule has 0 unspecified atom stereocenters. The molecule has 2 amide bonds. The van der Waals surface area contributed by atoms with Gasteiger partial charge in [0.1, 0.15) is 0 Å². The van der Waals surface area contributed by atoms with Crippen molar-refractivity contribution in [3.63, 3.8) is 0 Å². The lowest BCUT2D eigenvalue weighted by atomic mass is 10.3. The van der Waals surface area contributed by atoms with Crippen molar-refractivity contribution in [2.45, 2.75) is 13.5 Å². The summed E-state index contributed by atoms with van der Waals surface area (Å²) in [5.41, 5.74) is 2.55. The van der Waals surface area contributed by atoms with Crippen LogP contribution in [0.1, 0.15) is 11.3 Å². The summed E-state index contributed by atoms with van der Waals surface area (Å²) >= 11 is 0. The zero-order valence-corrected chi connectivity index (χ0v) is 13.5. The van der Waals surface area contributed by atoms with Gasteiger partial charge in [-0.3, -0.25) is 15.3 Å². The van der Waals surface area contributed by atoms with Gasteiger partial charge in [0, 0.05) is 31.2 Å². The summed E-state index contributed by atoms with van der Waals surface area (Å²) < 4.78 is 1.74. The summed E-state index contributed by atoms with van der Waals surface area (Å²) in [6, 6.07) is 9.50. The van der Waals surface area contributed by atoms with Gasteiger partial charge in [0.15, 0.2) is 5.82 Å². The third-order valence-corrected chi connectivity index (χ3v) is 3.51. The first-order valence-electron chi connectivity index (χ1n) is 7.52. The molecule has 0 atom stereocenters. The van der Waals surface area contributed by atoms with Crippen LogP contribution in [-0.4, -0.2) is 37.7 Å². The quantitative estimate of drug-likeness (QED) is 0.801. The molecule has 7 heteroatoms. The number of para-hydroxylation sites is 1. The van der Waals surface area contributed by atoms with Crippen molar-refractivity contribution >= 4 is 11.8 Å². The normalized spacial score (nSPS) is 10.4. The van der Waals surface area contributed by atoms with E-state index in [9.17, 15) is 4.79 Å². The molecule has 122 valence electrons. The first-order valence-corrected chi connectivity index (χ1v) is 7.52. The van der Waals surface area contributed by atoms with Crippen molar-refractivity contribution < 1.29 is 4.79 Å². The number of nitrogens with one attached hydrogen (secondary N) is 1. The predicted molar refractivity (Wildman–Crippen MR) is 90.8 cm³/mol. The SMILES string of the molecule is Cc1cn(-c2ccccc2)nc1NC(=O)N(C)Cc1cnccn1. The molecule has 2 aromatic heterocycles. The van der Waals surface area contributed by atoms with Crippen molar-refractivity contribution in [2.24, 2.45) is 0 Å². The summed E-state index contributed by atoms with van der Waals surface area (Å²) in [7, 11) is 1.70. The van der Waals surface area contributed by atoms with Crippen LogP contribution >= 0.6 is 0 Å². The molecule has 0 saturated heterocycles. The van der Waals surface area contributed by atoms with E-state index in [1.54, 1.807) is 30.3 Å². The van der Waals surface area contributed by atoms with E-state index >= 15 is 0 Å². The lowest BCUT2D eigenvalue weighted by Gasteiger charge is -2.16. The zero-order valence-electron chi connectivity index (χ0n) is 13.5. The molecule has 0 aliphatic carbocycles. The minimum Gasteiger partial charge on any atom is -0.322 e. The van der Waals surface area contributed by atoms with Gasteiger partial charge in [-0.25, -0.2) is 9.48 Å². The predicted octanol–water partition coefficient (Wildman–Crippen LogP) is 2.63. The number of hydrogen-bond acceptors (Lipinski definition) is 4. The van der Waals surface area contributed by atoms with Crippen LogP contribution in [0.15, 0.2) is 55.1 Å². The van der Waals surface area contributed by atoms with E-state index in [-0.39, 0.29) is 6.03 Å². The Morgan fingerprint density at radius 3 is 2.75 bits per heavy atom. The Morgan fingerprint density at radius 2 is 2.04 bits per heavy atom. The van der Waals surface area contributed by atoms with Crippen molar-refractivity contribution in [2.75, 3.05) is 12.4 Å². The highest BCUT2D eigenvalue weighted by molar-refractivity contribution is 5.88. The molecule has 0 bridgehead atoms. The molecule has 0 aliphatic rings. The maximum absolute atomic E-state index is 12.3. The number of nitrogens with zero attached hydrogens (tertiary/aromatic N) is 5. The summed E-state index contributed by atoms with van der Waals surface area (Å²) in [6.45, 7) is 2.28. The summed E-state index contributed by atoms with van der Waals surface area (Å²) in [4.78, 5) is 22.0. The number of anilines is 1. The first-order chi connectivity index (χ1) is 11.6. The Bertz CT molecular complexity index is 816. The molecule has 0 saturated carbocycles. The average Bonchev–Trinajstić information content (AvgIpc) is 2.97. The molecule has 0 aliphatic heterocycles. The lowest BCUT2D eigenvalue weighted by molar-refractivity contribution is 0.220. The van der Waals surface area contributed by atoms with E-state index in [2.05, 4.69) is 20.4 Å². The van der Waals surface area contributed by atoms with Gasteiger partial charge in [-0.15, -0.1) is 5.10 Å². The van der Waals surface area contributed by atoms with Crippen LogP contribution in [-0.2, 0) is 6.54 Å². The molecular weight excluding hydrogens is 304 g/mol. The van der Waals surface area contributed by atoms with Gasteiger partial charge in [0.2, 0.25) is 0 Å².